The highest BCUT2D eigenvalue weighted by atomic mass is 32.2. The van der Waals surface area contributed by atoms with E-state index in [4.69, 9.17) is 0 Å². The molecule has 1 aromatic carbocycles. The summed E-state index contributed by atoms with van der Waals surface area (Å²) in [5, 5.41) is 0. The Hall–Kier alpha value is -1.05. The molecule has 0 aliphatic heterocycles. The van der Waals surface area contributed by atoms with Crippen LogP contribution in [-0.2, 0) is 10.3 Å². The zero-order chi connectivity index (χ0) is 10.0. The molecule has 0 N–H and O–H groups in total. The fourth-order valence-corrected chi connectivity index (χ4v) is 2.37. The second-order valence-corrected chi connectivity index (χ2v) is 4.28. The zero-order valence-electron chi connectivity index (χ0n) is 7.99. The third kappa shape index (κ3) is 1.49. The summed E-state index contributed by atoms with van der Waals surface area (Å²) >= 11 is 1.70. The van der Waals surface area contributed by atoms with E-state index >= 15 is 0 Å². The van der Waals surface area contributed by atoms with Crippen molar-refractivity contribution < 1.29 is 4.79 Å². The summed E-state index contributed by atoms with van der Waals surface area (Å²) in [6.45, 7) is 0. The number of hydrogen-bond donors (Lipinski definition) is 0. The van der Waals surface area contributed by atoms with E-state index in [1.807, 2.05) is 18.4 Å². The molecule has 72 valence electrons. The van der Waals surface area contributed by atoms with Gasteiger partial charge in [0.05, 0.1) is 5.54 Å². The summed E-state index contributed by atoms with van der Waals surface area (Å²) < 4.78 is 0. The summed E-state index contributed by atoms with van der Waals surface area (Å²) in [7, 11) is 0. The maximum absolute atomic E-state index is 10.3. The maximum atomic E-state index is 10.3. The van der Waals surface area contributed by atoms with Gasteiger partial charge in [0.25, 0.3) is 0 Å². The molecule has 1 fully saturated rings. The van der Waals surface area contributed by atoms with Gasteiger partial charge in [0, 0.05) is 4.90 Å². The van der Waals surface area contributed by atoms with Crippen LogP contribution in [0.2, 0.25) is 0 Å². The van der Waals surface area contributed by atoms with Gasteiger partial charge in [0.15, 0.2) is 0 Å². The van der Waals surface area contributed by atoms with Gasteiger partial charge in [-0.1, -0.05) is 18.2 Å². The Kier molecular flexibility index (Phi) is 2.44. The Morgan fingerprint density at radius 2 is 2.14 bits per heavy atom. The molecule has 1 aliphatic carbocycles. The molecule has 3 heteroatoms. The monoisotopic (exact) mass is 205 g/mol. The highest BCUT2D eigenvalue weighted by molar-refractivity contribution is 7.98. The minimum atomic E-state index is -0.235. The van der Waals surface area contributed by atoms with Gasteiger partial charge in [0.1, 0.15) is 0 Å². The van der Waals surface area contributed by atoms with Crippen molar-refractivity contribution in [1.29, 1.82) is 0 Å². The number of benzene rings is 1. The topological polar surface area (TPSA) is 29.4 Å². The average molecular weight is 205 g/mol. The van der Waals surface area contributed by atoms with Crippen molar-refractivity contribution in [1.82, 2.24) is 0 Å². The first kappa shape index (κ1) is 9.50. The van der Waals surface area contributed by atoms with E-state index in [1.165, 1.54) is 10.5 Å². The molecule has 2 rings (SSSR count). The molecule has 1 aromatic rings. The van der Waals surface area contributed by atoms with Gasteiger partial charge in [0.2, 0.25) is 6.08 Å². The smallest absolute Gasteiger partial charge is 0.211 e. The molecule has 0 amide bonds. The summed E-state index contributed by atoms with van der Waals surface area (Å²) in [6.07, 6.45) is 5.67. The molecular formula is C11H11NOS. The van der Waals surface area contributed by atoms with Crippen LogP contribution in [0, 0.1) is 0 Å². The van der Waals surface area contributed by atoms with Gasteiger partial charge in [-0.25, -0.2) is 4.79 Å². The zero-order valence-corrected chi connectivity index (χ0v) is 8.80. The van der Waals surface area contributed by atoms with E-state index < -0.39 is 0 Å². The molecule has 0 atom stereocenters. The van der Waals surface area contributed by atoms with Gasteiger partial charge in [-0.3, -0.25) is 0 Å². The Morgan fingerprint density at radius 1 is 1.43 bits per heavy atom. The van der Waals surface area contributed by atoms with E-state index in [1.54, 1.807) is 17.8 Å². The summed E-state index contributed by atoms with van der Waals surface area (Å²) in [4.78, 5) is 15.5. The number of isocyanates is 1. The third-order valence-electron chi connectivity index (χ3n) is 2.59. The van der Waals surface area contributed by atoms with Gasteiger partial charge in [-0.2, -0.15) is 4.99 Å². The van der Waals surface area contributed by atoms with Crippen LogP contribution >= 0.6 is 11.8 Å². The number of rotatable bonds is 3. The lowest BCUT2D eigenvalue weighted by molar-refractivity contribution is 0.555. The molecule has 2 nitrogen and oxygen atoms in total. The van der Waals surface area contributed by atoms with Crippen molar-refractivity contribution in [3.05, 3.63) is 29.8 Å². The largest absolute Gasteiger partial charge is 0.235 e. The number of thioether (sulfide) groups is 1. The maximum Gasteiger partial charge on any atom is 0.235 e. The predicted molar refractivity (Wildman–Crippen MR) is 57.3 cm³/mol. The normalized spacial score (nSPS) is 17.2. The first-order valence-corrected chi connectivity index (χ1v) is 5.77. The van der Waals surface area contributed by atoms with Gasteiger partial charge in [-0.15, -0.1) is 11.8 Å². The number of nitrogens with zero attached hydrogens (tertiary/aromatic N) is 1. The van der Waals surface area contributed by atoms with Crippen LogP contribution in [0.5, 0.6) is 0 Å². The molecule has 0 radical (unpaired) electrons. The Labute approximate surface area is 87.4 Å². The third-order valence-corrected chi connectivity index (χ3v) is 3.39. The van der Waals surface area contributed by atoms with Crippen molar-refractivity contribution in [2.75, 3.05) is 6.26 Å². The van der Waals surface area contributed by atoms with Gasteiger partial charge >= 0.3 is 0 Å². The molecule has 0 heterocycles. The van der Waals surface area contributed by atoms with Gasteiger partial charge < -0.3 is 0 Å². The molecule has 1 aliphatic rings. The summed E-state index contributed by atoms with van der Waals surface area (Å²) in [6, 6.07) is 8.13. The van der Waals surface area contributed by atoms with Crippen molar-refractivity contribution in [2.24, 2.45) is 4.99 Å². The van der Waals surface area contributed by atoms with Crippen LogP contribution in [0.25, 0.3) is 0 Å². The fraction of sp³-hybridized carbons (Fsp3) is 0.364. The quantitative estimate of drug-likeness (QED) is 0.431. The Morgan fingerprint density at radius 3 is 2.71 bits per heavy atom. The molecule has 0 aromatic heterocycles. The van der Waals surface area contributed by atoms with E-state index in [0.717, 1.165) is 12.8 Å². The van der Waals surface area contributed by atoms with Crippen LogP contribution in [0.4, 0.5) is 0 Å². The lowest BCUT2D eigenvalue weighted by atomic mass is 10.1. The minimum Gasteiger partial charge on any atom is -0.211 e. The molecule has 0 saturated heterocycles. The van der Waals surface area contributed by atoms with Crippen molar-refractivity contribution in [3.63, 3.8) is 0 Å². The minimum absolute atomic E-state index is 0.235. The highest BCUT2D eigenvalue weighted by Gasteiger charge is 2.45. The standard InChI is InChI=1S/C11H11NOS/c1-14-10-5-3-2-4-9(10)11(6-7-11)12-8-13/h2-5H,6-7H2,1H3. The van der Waals surface area contributed by atoms with Crippen molar-refractivity contribution in [2.45, 2.75) is 23.3 Å². The Bertz CT molecular complexity index is 392. The van der Waals surface area contributed by atoms with E-state index in [9.17, 15) is 4.79 Å². The Balaban J connectivity index is 2.45. The molecule has 0 spiro atoms. The lowest BCUT2D eigenvalue weighted by Gasteiger charge is -2.11. The van der Waals surface area contributed by atoms with Crippen LogP contribution in [0.15, 0.2) is 34.2 Å². The van der Waals surface area contributed by atoms with Crippen LogP contribution in [-0.4, -0.2) is 12.3 Å². The highest BCUT2D eigenvalue weighted by Crippen LogP contribution is 2.51. The van der Waals surface area contributed by atoms with Crippen molar-refractivity contribution >= 4 is 17.8 Å². The van der Waals surface area contributed by atoms with Crippen LogP contribution in [0.1, 0.15) is 18.4 Å². The lowest BCUT2D eigenvalue weighted by Crippen LogP contribution is -2.03. The number of carbonyl (C=O) groups excluding carboxylic acids is 1. The predicted octanol–water partition coefficient (Wildman–Crippen LogP) is 2.73. The van der Waals surface area contributed by atoms with E-state index in [-0.39, 0.29) is 5.54 Å². The fourth-order valence-electron chi connectivity index (χ4n) is 1.68. The average Bonchev–Trinajstić information content (AvgIpc) is 2.99. The second-order valence-electron chi connectivity index (χ2n) is 3.43. The van der Waals surface area contributed by atoms with Crippen LogP contribution in [0.3, 0.4) is 0 Å². The summed E-state index contributed by atoms with van der Waals surface area (Å²) in [5.74, 6) is 0. The molecule has 0 bridgehead atoms. The van der Waals surface area contributed by atoms with Crippen molar-refractivity contribution in [3.8, 4) is 0 Å². The number of hydrogen-bond acceptors (Lipinski definition) is 3. The van der Waals surface area contributed by atoms with E-state index in [0.29, 0.717) is 0 Å². The first-order chi connectivity index (χ1) is 6.82. The first-order valence-electron chi connectivity index (χ1n) is 4.55. The second kappa shape index (κ2) is 3.60. The van der Waals surface area contributed by atoms with E-state index in [2.05, 4.69) is 17.1 Å². The molecule has 0 unspecified atom stereocenters. The summed E-state index contributed by atoms with van der Waals surface area (Å²) in [5.41, 5.74) is 0.942. The van der Waals surface area contributed by atoms with Crippen LogP contribution < -0.4 is 0 Å². The molecule has 14 heavy (non-hydrogen) atoms. The number of aliphatic imine (C=N–C) groups is 1. The SMILES string of the molecule is CSc1ccccc1C1(N=C=O)CC1. The molecular weight excluding hydrogens is 194 g/mol. The molecule has 1 saturated carbocycles. The van der Waals surface area contributed by atoms with Gasteiger partial charge in [-0.05, 0) is 30.7 Å².